The quantitative estimate of drug-likeness (QED) is 0.755. The fourth-order valence-corrected chi connectivity index (χ4v) is 2.96. The zero-order valence-corrected chi connectivity index (χ0v) is 10.0. The zero-order chi connectivity index (χ0) is 10.7. The molecule has 0 radical (unpaired) electrons. The second-order valence-corrected chi connectivity index (χ2v) is 5.25. The van der Waals surface area contributed by atoms with Crippen molar-refractivity contribution in [3.63, 3.8) is 0 Å². The molecule has 0 aliphatic carbocycles. The van der Waals surface area contributed by atoms with Gasteiger partial charge in [-0.15, -0.1) is 0 Å². The van der Waals surface area contributed by atoms with Crippen molar-refractivity contribution in [1.82, 2.24) is 10.2 Å². The van der Waals surface area contributed by atoms with E-state index in [0.717, 1.165) is 18.7 Å². The molecule has 2 bridgehead atoms. The first kappa shape index (κ1) is 11.4. The Morgan fingerprint density at radius 1 is 1.33 bits per heavy atom. The summed E-state index contributed by atoms with van der Waals surface area (Å²) < 4.78 is 5.20. The van der Waals surface area contributed by atoms with Crippen LogP contribution in [-0.2, 0) is 4.74 Å². The number of nitrogens with zero attached hydrogens (tertiary/aromatic N) is 1. The molecule has 0 saturated carbocycles. The van der Waals surface area contributed by atoms with Crippen LogP contribution in [0.4, 0.5) is 0 Å². The number of hydrogen-bond donors (Lipinski definition) is 1. The Morgan fingerprint density at radius 2 is 2.13 bits per heavy atom. The van der Waals surface area contributed by atoms with Crippen LogP contribution < -0.4 is 5.32 Å². The van der Waals surface area contributed by atoms with Crippen LogP contribution in [0.15, 0.2) is 0 Å². The SMILES string of the molecule is COCC(C)CN1CCC2CCC(C1)N2. The molecule has 3 unspecified atom stereocenters. The summed E-state index contributed by atoms with van der Waals surface area (Å²) >= 11 is 0. The minimum absolute atomic E-state index is 0.659. The zero-order valence-electron chi connectivity index (χ0n) is 10.0. The van der Waals surface area contributed by atoms with Gasteiger partial charge >= 0.3 is 0 Å². The molecule has 2 heterocycles. The van der Waals surface area contributed by atoms with Crippen molar-refractivity contribution in [3.8, 4) is 0 Å². The average molecular weight is 212 g/mol. The van der Waals surface area contributed by atoms with Crippen LogP contribution >= 0.6 is 0 Å². The van der Waals surface area contributed by atoms with Crippen LogP contribution in [-0.4, -0.2) is 50.3 Å². The highest BCUT2D eigenvalue weighted by molar-refractivity contribution is 4.89. The molecule has 2 rings (SSSR count). The van der Waals surface area contributed by atoms with E-state index >= 15 is 0 Å². The van der Waals surface area contributed by atoms with Crippen LogP contribution in [0.5, 0.6) is 0 Å². The van der Waals surface area contributed by atoms with Gasteiger partial charge in [0, 0.05) is 38.9 Å². The van der Waals surface area contributed by atoms with Crippen molar-refractivity contribution in [2.75, 3.05) is 33.4 Å². The molecule has 3 atom stereocenters. The lowest BCUT2D eigenvalue weighted by atomic mass is 10.1. The van der Waals surface area contributed by atoms with Gasteiger partial charge in [-0.05, 0) is 31.7 Å². The minimum atomic E-state index is 0.659. The van der Waals surface area contributed by atoms with Crippen molar-refractivity contribution in [1.29, 1.82) is 0 Å². The van der Waals surface area contributed by atoms with Crippen molar-refractivity contribution in [2.45, 2.75) is 38.3 Å². The molecule has 0 aromatic heterocycles. The van der Waals surface area contributed by atoms with Crippen molar-refractivity contribution >= 4 is 0 Å². The summed E-state index contributed by atoms with van der Waals surface area (Å²) in [6.45, 7) is 6.86. The third-order valence-corrected chi connectivity index (χ3v) is 3.63. The number of fused-ring (bicyclic) bond motifs is 2. The summed E-state index contributed by atoms with van der Waals surface area (Å²) in [5.41, 5.74) is 0. The molecule has 88 valence electrons. The number of likely N-dealkylation sites (tertiary alicyclic amines) is 1. The summed E-state index contributed by atoms with van der Waals surface area (Å²) in [7, 11) is 1.79. The maximum atomic E-state index is 5.20. The van der Waals surface area contributed by atoms with E-state index in [9.17, 15) is 0 Å². The largest absolute Gasteiger partial charge is 0.384 e. The summed E-state index contributed by atoms with van der Waals surface area (Å²) in [4.78, 5) is 2.61. The molecular weight excluding hydrogens is 188 g/mol. The molecule has 0 aromatic rings. The number of rotatable bonds is 4. The number of ether oxygens (including phenoxy) is 1. The number of nitrogens with one attached hydrogen (secondary N) is 1. The van der Waals surface area contributed by atoms with E-state index in [0.29, 0.717) is 5.92 Å². The minimum Gasteiger partial charge on any atom is -0.384 e. The number of methoxy groups -OCH3 is 1. The predicted octanol–water partition coefficient (Wildman–Crippen LogP) is 1.10. The first-order valence-electron chi connectivity index (χ1n) is 6.25. The van der Waals surface area contributed by atoms with Crippen molar-refractivity contribution in [3.05, 3.63) is 0 Å². The molecule has 2 fully saturated rings. The summed E-state index contributed by atoms with van der Waals surface area (Å²) in [5, 5.41) is 3.72. The Morgan fingerprint density at radius 3 is 2.93 bits per heavy atom. The Hall–Kier alpha value is -0.120. The lowest BCUT2D eigenvalue weighted by Crippen LogP contribution is -2.38. The van der Waals surface area contributed by atoms with Crippen LogP contribution in [0.25, 0.3) is 0 Å². The summed E-state index contributed by atoms with van der Waals surface area (Å²) in [6.07, 6.45) is 4.10. The Kier molecular flexibility index (Phi) is 4.00. The monoisotopic (exact) mass is 212 g/mol. The fourth-order valence-electron chi connectivity index (χ4n) is 2.96. The van der Waals surface area contributed by atoms with Gasteiger partial charge in [0.1, 0.15) is 0 Å². The highest BCUT2D eigenvalue weighted by Gasteiger charge is 2.29. The smallest absolute Gasteiger partial charge is 0.0500 e. The van der Waals surface area contributed by atoms with E-state index in [-0.39, 0.29) is 0 Å². The molecule has 3 nitrogen and oxygen atoms in total. The molecule has 2 saturated heterocycles. The Balaban J connectivity index is 1.78. The van der Waals surface area contributed by atoms with Gasteiger partial charge in [0.05, 0.1) is 0 Å². The van der Waals surface area contributed by atoms with Gasteiger partial charge < -0.3 is 15.0 Å². The van der Waals surface area contributed by atoms with Gasteiger partial charge in [0.2, 0.25) is 0 Å². The maximum absolute atomic E-state index is 5.20. The van der Waals surface area contributed by atoms with E-state index in [2.05, 4.69) is 17.1 Å². The lowest BCUT2D eigenvalue weighted by Gasteiger charge is -2.26. The third kappa shape index (κ3) is 3.16. The molecule has 2 aliphatic rings. The normalized spacial score (nSPS) is 34.0. The van der Waals surface area contributed by atoms with E-state index in [1.807, 2.05) is 0 Å². The van der Waals surface area contributed by atoms with Crippen LogP contribution in [0.1, 0.15) is 26.2 Å². The average Bonchev–Trinajstić information content (AvgIpc) is 2.51. The summed E-state index contributed by atoms with van der Waals surface area (Å²) in [6, 6.07) is 1.56. The molecule has 0 spiro atoms. The first-order chi connectivity index (χ1) is 7.28. The standard InChI is InChI=1S/C12H24N2O/c1-10(9-15-2)7-14-6-5-11-3-4-12(8-14)13-11/h10-13H,3-9H2,1-2H3. The molecule has 3 heteroatoms. The molecular formula is C12H24N2O. The number of hydrogen-bond acceptors (Lipinski definition) is 3. The van der Waals surface area contributed by atoms with Gasteiger partial charge in [0.25, 0.3) is 0 Å². The van der Waals surface area contributed by atoms with E-state index in [4.69, 9.17) is 4.74 Å². The predicted molar refractivity (Wildman–Crippen MR) is 62.0 cm³/mol. The van der Waals surface area contributed by atoms with Crippen LogP contribution in [0.2, 0.25) is 0 Å². The van der Waals surface area contributed by atoms with E-state index in [1.165, 1.54) is 38.9 Å². The van der Waals surface area contributed by atoms with Gasteiger partial charge in [-0.1, -0.05) is 6.92 Å². The van der Waals surface area contributed by atoms with Gasteiger partial charge in [0.15, 0.2) is 0 Å². The van der Waals surface area contributed by atoms with E-state index < -0.39 is 0 Å². The second kappa shape index (κ2) is 5.28. The summed E-state index contributed by atoms with van der Waals surface area (Å²) in [5.74, 6) is 0.659. The molecule has 0 aromatic carbocycles. The lowest BCUT2D eigenvalue weighted by molar-refractivity contribution is 0.127. The van der Waals surface area contributed by atoms with Gasteiger partial charge in [-0.3, -0.25) is 0 Å². The highest BCUT2D eigenvalue weighted by atomic mass is 16.5. The van der Waals surface area contributed by atoms with Crippen molar-refractivity contribution in [2.24, 2.45) is 5.92 Å². The van der Waals surface area contributed by atoms with Crippen LogP contribution in [0, 0.1) is 5.92 Å². The topological polar surface area (TPSA) is 24.5 Å². The Labute approximate surface area is 93.2 Å². The molecule has 1 N–H and O–H groups in total. The van der Waals surface area contributed by atoms with Gasteiger partial charge in [-0.25, -0.2) is 0 Å². The first-order valence-corrected chi connectivity index (χ1v) is 6.25. The molecule has 2 aliphatic heterocycles. The second-order valence-electron chi connectivity index (χ2n) is 5.25. The molecule has 0 amide bonds. The van der Waals surface area contributed by atoms with Gasteiger partial charge in [-0.2, -0.15) is 0 Å². The van der Waals surface area contributed by atoms with Crippen LogP contribution in [0.3, 0.4) is 0 Å². The maximum Gasteiger partial charge on any atom is 0.0500 e. The van der Waals surface area contributed by atoms with Crippen molar-refractivity contribution < 1.29 is 4.74 Å². The highest BCUT2D eigenvalue weighted by Crippen LogP contribution is 2.20. The fraction of sp³-hybridized carbons (Fsp3) is 1.00. The molecule has 15 heavy (non-hydrogen) atoms. The third-order valence-electron chi connectivity index (χ3n) is 3.63. The Bertz CT molecular complexity index is 198. The van der Waals surface area contributed by atoms with E-state index in [1.54, 1.807) is 7.11 Å².